The third-order valence-corrected chi connectivity index (χ3v) is 4.33. The molecule has 1 aliphatic rings. The van der Waals surface area contributed by atoms with Gasteiger partial charge in [-0.15, -0.1) is 0 Å². The van der Waals surface area contributed by atoms with Crippen LogP contribution in [0.1, 0.15) is 18.4 Å². The summed E-state index contributed by atoms with van der Waals surface area (Å²) in [6, 6.07) is 13.3. The lowest BCUT2D eigenvalue weighted by Gasteiger charge is -2.28. The average Bonchev–Trinajstić information content (AvgIpc) is 2.70. The highest BCUT2D eigenvalue weighted by Gasteiger charge is 2.24. The highest BCUT2D eigenvalue weighted by Crippen LogP contribution is 2.40. The van der Waals surface area contributed by atoms with E-state index in [-0.39, 0.29) is 18.1 Å². The lowest BCUT2D eigenvalue weighted by Crippen LogP contribution is -2.24. The molecule has 1 heterocycles. The SMILES string of the molecule is OCCC1CCc2cc(O)c(O)cc2N(c2ccccc2)C1. The number of aliphatic hydroxyl groups is 1. The highest BCUT2D eigenvalue weighted by atomic mass is 16.3. The standard InChI is InChI=1S/C18H21NO3/c20-9-8-13-6-7-14-10-17(21)18(22)11-16(14)19(12-13)15-4-2-1-3-5-15/h1-5,10-11,13,20-22H,6-9,12H2. The van der Waals surface area contributed by atoms with Gasteiger partial charge in [0.25, 0.3) is 0 Å². The number of hydrogen-bond donors (Lipinski definition) is 3. The third kappa shape index (κ3) is 2.88. The summed E-state index contributed by atoms with van der Waals surface area (Å²) < 4.78 is 0. The molecule has 0 saturated carbocycles. The van der Waals surface area contributed by atoms with E-state index in [1.165, 1.54) is 0 Å². The van der Waals surface area contributed by atoms with Gasteiger partial charge in [0.05, 0.1) is 0 Å². The molecule has 2 aromatic carbocycles. The van der Waals surface area contributed by atoms with E-state index in [0.717, 1.165) is 42.7 Å². The second-order valence-electron chi connectivity index (χ2n) is 5.83. The lowest BCUT2D eigenvalue weighted by molar-refractivity contribution is 0.255. The fourth-order valence-electron chi connectivity index (χ4n) is 3.14. The second-order valence-corrected chi connectivity index (χ2v) is 5.83. The van der Waals surface area contributed by atoms with Crippen molar-refractivity contribution in [2.24, 2.45) is 5.92 Å². The Morgan fingerprint density at radius 1 is 1.05 bits per heavy atom. The zero-order chi connectivity index (χ0) is 15.5. The quantitative estimate of drug-likeness (QED) is 0.762. The van der Waals surface area contributed by atoms with E-state index in [1.54, 1.807) is 12.1 Å². The van der Waals surface area contributed by atoms with Crippen LogP contribution in [0.5, 0.6) is 11.5 Å². The van der Waals surface area contributed by atoms with Crippen LogP contribution in [-0.2, 0) is 6.42 Å². The van der Waals surface area contributed by atoms with Crippen LogP contribution in [0.25, 0.3) is 0 Å². The molecule has 0 fully saturated rings. The zero-order valence-corrected chi connectivity index (χ0v) is 12.4. The molecule has 0 bridgehead atoms. The number of aliphatic hydroxyl groups excluding tert-OH is 1. The number of phenols is 2. The minimum absolute atomic E-state index is 0.0765. The summed E-state index contributed by atoms with van der Waals surface area (Å²) in [6.07, 6.45) is 2.55. The Kier molecular flexibility index (Phi) is 4.20. The van der Waals surface area contributed by atoms with E-state index in [1.807, 2.05) is 30.3 Å². The van der Waals surface area contributed by atoms with E-state index in [0.29, 0.717) is 5.92 Å². The number of anilines is 2. The van der Waals surface area contributed by atoms with Crippen LogP contribution >= 0.6 is 0 Å². The summed E-state index contributed by atoms with van der Waals surface area (Å²) in [5.74, 6) is 0.203. The van der Waals surface area contributed by atoms with Crippen molar-refractivity contribution in [1.82, 2.24) is 0 Å². The highest BCUT2D eigenvalue weighted by molar-refractivity contribution is 5.70. The minimum atomic E-state index is -0.0970. The number of benzene rings is 2. The molecule has 4 nitrogen and oxygen atoms in total. The van der Waals surface area contributed by atoms with Crippen molar-refractivity contribution < 1.29 is 15.3 Å². The molecular weight excluding hydrogens is 278 g/mol. The van der Waals surface area contributed by atoms with E-state index in [9.17, 15) is 15.3 Å². The predicted octanol–water partition coefficient (Wildman–Crippen LogP) is 3.18. The number of para-hydroxylation sites is 1. The molecule has 116 valence electrons. The van der Waals surface area contributed by atoms with Crippen molar-refractivity contribution in [3.63, 3.8) is 0 Å². The van der Waals surface area contributed by atoms with Gasteiger partial charge < -0.3 is 20.2 Å². The average molecular weight is 299 g/mol. The van der Waals surface area contributed by atoms with Crippen LogP contribution in [-0.4, -0.2) is 28.5 Å². The molecule has 2 aromatic rings. The van der Waals surface area contributed by atoms with Gasteiger partial charge in [-0.05, 0) is 48.9 Å². The first-order valence-electron chi connectivity index (χ1n) is 7.67. The lowest BCUT2D eigenvalue weighted by atomic mass is 9.98. The van der Waals surface area contributed by atoms with Crippen molar-refractivity contribution in [2.75, 3.05) is 18.1 Å². The monoisotopic (exact) mass is 299 g/mol. The van der Waals surface area contributed by atoms with Crippen LogP contribution < -0.4 is 4.90 Å². The van der Waals surface area contributed by atoms with Gasteiger partial charge in [-0.25, -0.2) is 0 Å². The molecule has 4 heteroatoms. The molecule has 3 N–H and O–H groups in total. The Hall–Kier alpha value is -2.20. The first-order chi connectivity index (χ1) is 10.7. The van der Waals surface area contributed by atoms with E-state index < -0.39 is 0 Å². The first kappa shape index (κ1) is 14.7. The molecule has 0 spiro atoms. The summed E-state index contributed by atoms with van der Waals surface area (Å²) in [5.41, 5.74) is 3.01. The number of nitrogens with zero attached hydrogens (tertiary/aromatic N) is 1. The molecular formula is C18H21NO3. The summed E-state index contributed by atoms with van der Waals surface area (Å²) >= 11 is 0. The minimum Gasteiger partial charge on any atom is -0.504 e. The van der Waals surface area contributed by atoms with Crippen molar-refractivity contribution in [3.05, 3.63) is 48.0 Å². The number of phenolic OH excluding ortho intramolecular Hbond substituents is 2. The number of fused-ring (bicyclic) bond motifs is 1. The Balaban J connectivity index is 2.06. The maximum atomic E-state index is 9.88. The van der Waals surface area contributed by atoms with Crippen LogP contribution in [0.4, 0.5) is 11.4 Å². The molecule has 0 saturated heterocycles. The first-order valence-corrected chi connectivity index (χ1v) is 7.67. The topological polar surface area (TPSA) is 63.9 Å². The fraction of sp³-hybridized carbons (Fsp3) is 0.333. The van der Waals surface area contributed by atoms with Crippen LogP contribution in [0.3, 0.4) is 0 Å². The Morgan fingerprint density at radius 3 is 2.50 bits per heavy atom. The van der Waals surface area contributed by atoms with Gasteiger partial charge in [-0.1, -0.05) is 18.2 Å². The zero-order valence-electron chi connectivity index (χ0n) is 12.4. The summed E-state index contributed by atoms with van der Waals surface area (Å²) in [6.45, 7) is 0.974. The number of hydrogen-bond acceptors (Lipinski definition) is 4. The predicted molar refractivity (Wildman–Crippen MR) is 86.7 cm³/mol. The molecule has 0 amide bonds. The molecule has 22 heavy (non-hydrogen) atoms. The fourth-order valence-corrected chi connectivity index (χ4v) is 3.14. The van der Waals surface area contributed by atoms with Crippen molar-refractivity contribution >= 4 is 11.4 Å². The molecule has 0 aliphatic carbocycles. The Bertz CT molecular complexity index is 642. The molecule has 1 unspecified atom stereocenters. The molecule has 3 rings (SSSR count). The van der Waals surface area contributed by atoms with Gasteiger partial charge in [0, 0.05) is 30.6 Å². The molecule has 0 radical (unpaired) electrons. The Labute approximate surface area is 130 Å². The maximum Gasteiger partial charge on any atom is 0.159 e. The summed E-state index contributed by atoms with van der Waals surface area (Å²) in [7, 11) is 0. The molecule has 0 aromatic heterocycles. The molecule has 1 atom stereocenters. The number of aromatic hydroxyl groups is 2. The van der Waals surface area contributed by atoms with Gasteiger partial charge in [-0.2, -0.15) is 0 Å². The summed E-state index contributed by atoms with van der Waals surface area (Å²) in [4.78, 5) is 2.17. The van der Waals surface area contributed by atoms with Gasteiger partial charge in [-0.3, -0.25) is 0 Å². The molecule has 1 aliphatic heterocycles. The largest absolute Gasteiger partial charge is 0.504 e. The van der Waals surface area contributed by atoms with Crippen LogP contribution in [0.2, 0.25) is 0 Å². The summed E-state index contributed by atoms with van der Waals surface area (Å²) in [5, 5.41) is 28.9. The Morgan fingerprint density at radius 2 is 1.77 bits per heavy atom. The van der Waals surface area contributed by atoms with Crippen molar-refractivity contribution in [2.45, 2.75) is 19.3 Å². The van der Waals surface area contributed by atoms with Crippen molar-refractivity contribution in [1.29, 1.82) is 0 Å². The smallest absolute Gasteiger partial charge is 0.159 e. The van der Waals surface area contributed by atoms with Gasteiger partial charge >= 0.3 is 0 Å². The van der Waals surface area contributed by atoms with E-state index in [2.05, 4.69) is 4.90 Å². The normalized spacial score (nSPS) is 17.9. The number of aryl methyl sites for hydroxylation is 1. The van der Waals surface area contributed by atoms with Gasteiger partial charge in [0.2, 0.25) is 0 Å². The third-order valence-electron chi connectivity index (χ3n) is 4.33. The van der Waals surface area contributed by atoms with E-state index in [4.69, 9.17) is 0 Å². The number of rotatable bonds is 3. The second kappa shape index (κ2) is 6.28. The van der Waals surface area contributed by atoms with E-state index >= 15 is 0 Å². The van der Waals surface area contributed by atoms with Crippen molar-refractivity contribution in [3.8, 4) is 11.5 Å². The maximum absolute atomic E-state index is 9.88. The van der Waals surface area contributed by atoms with Crippen LogP contribution in [0.15, 0.2) is 42.5 Å². The van der Waals surface area contributed by atoms with Crippen LogP contribution in [0, 0.1) is 5.92 Å². The van der Waals surface area contributed by atoms with Gasteiger partial charge in [0.1, 0.15) is 0 Å². The van der Waals surface area contributed by atoms with Gasteiger partial charge in [0.15, 0.2) is 11.5 Å².